The van der Waals surface area contributed by atoms with Gasteiger partial charge in [0.2, 0.25) is 5.91 Å². The van der Waals surface area contributed by atoms with Crippen molar-refractivity contribution in [2.75, 3.05) is 5.32 Å². The summed E-state index contributed by atoms with van der Waals surface area (Å²) < 4.78 is 1.01. The van der Waals surface area contributed by atoms with E-state index in [1.807, 2.05) is 57.2 Å². The Morgan fingerprint density at radius 2 is 1.90 bits per heavy atom. The van der Waals surface area contributed by atoms with E-state index in [2.05, 4.69) is 27.3 Å². The number of hydrogen-bond acceptors (Lipinski definition) is 2. The Labute approximate surface area is 138 Å². The molecule has 1 atom stereocenters. The average molecular weight is 364 g/mol. The van der Waals surface area contributed by atoms with Gasteiger partial charge in [-0.1, -0.05) is 29.8 Å². The number of anilines is 1. The molecule has 2 rings (SSSR count). The van der Waals surface area contributed by atoms with Crippen LogP contribution in [-0.4, -0.2) is 11.2 Å². The molecule has 110 valence electrons. The SMILES string of the molecule is Cc1ccc(NC(=O)C(C)Sc2ccccc2Br)c(C)c1. The van der Waals surface area contributed by atoms with Crippen molar-refractivity contribution in [2.45, 2.75) is 30.9 Å². The molecular formula is C17H18BrNOS. The second-order valence-electron chi connectivity index (χ2n) is 5.00. The van der Waals surface area contributed by atoms with Gasteiger partial charge in [0.1, 0.15) is 0 Å². The van der Waals surface area contributed by atoms with Crippen LogP contribution in [0.15, 0.2) is 51.8 Å². The number of thioether (sulfide) groups is 1. The van der Waals surface area contributed by atoms with Gasteiger partial charge in [-0.25, -0.2) is 0 Å². The minimum Gasteiger partial charge on any atom is -0.325 e. The van der Waals surface area contributed by atoms with Crippen LogP contribution in [-0.2, 0) is 4.79 Å². The first-order valence-corrected chi connectivity index (χ1v) is 8.44. The van der Waals surface area contributed by atoms with Crippen LogP contribution in [0.2, 0.25) is 0 Å². The lowest BCUT2D eigenvalue weighted by Gasteiger charge is -2.14. The van der Waals surface area contributed by atoms with E-state index in [4.69, 9.17) is 0 Å². The van der Waals surface area contributed by atoms with Crippen LogP contribution in [0.4, 0.5) is 5.69 Å². The first-order chi connectivity index (χ1) is 9.97. The van der Waals surface area contributed by atoms with Gasteiger partial charge in [0, 0.05) is 15.1 Å². The molecule has 0 bridgehead atoms. The van der Waals surface area contributed by atoms with Crippen molar-refractivity contribution in [2.24, 2.45) is 0 Å². The third-order valence-corrected chi connectivity index (χ3v) is 5.28. The molecule has 1 N–H and O–H groups in total. The number of amides is 1. The van der Waals surface area contributed by atoms with E-state index in [-0.39, 0.29) is 11.2 Å². The van der Waals surface area contributed by atoms with E-state index in [0.717, 1.165) is 20.6 Å². The topological polar surface area (TPSA) is 29.1 Å². The van der Waals surface area contributed by atoms with Crippen LogP contribution in [0.1, 0.15) is 18.1 Å². The molecule has 0 saturated carbocycles. The smallest absolute Gasteiger partial charge is 0.237 e. The highest BCUT2D eigenvalue weighted by atomic mass is 79.9. The summed E-state index contributed by atoms with van der Waals surface area (Å²) in [5.41, 5.74) is 3.16. The predicted molar refractivity (Wildman–Crippen MR) is 94.0 cm³/mol. The Balaban J connectivity index is 2.04. The number of carbonyl (C=O) groups is 1. The molecule has 0 spiro atoms. The maximum absolute atomic E-state index is 12.3. The summed E-state index contributed by atoms with van der Waals surface area (Å²) in [4.78, 5) is 13.4. The second kappa shape index (κ2) is 7.14. The van der Waals surface area contributed by atoms with Crippen molar-refractivity contribution in [1.29, 1.82) is 0 Å². The van der Waals surface area contributed by atoms with Gasteiger partial charge < -0.3 is 5.32 Å². The fourth-order valence-electron chi connectivity index (χ4n) is 1.97. The fraction of sp³-hybridized carbons (Fsp3) is 0.235. The van der Waals surface area contributed by atoms with E-state index in [9.17, 15) is 4.79 Å². The minimum absolute atomic E-state index is 0.0164. The number of aryl methyl sites for hydroxylation is 2. The summed E-state index contributed by atoms with van der Waals surface area (Å²) in [7, 11) is 0. The van der Waals surface area contributed by atoms with E-state index in [1.54, 1.807) is 11.8 Å². The summed E-state index contributed by atoms with van der Waals surface area (Å²) >= 11 is 5.06. The Morgan fingerprint density at radius 1 is 1.19 bits per heavy atom. The van der Waals surface area contributed by atoms with Crippen molar-refractivity contribution in [3.05, 3.63) is 58.1 Å². The zero-order chi connectivity index (χ0) is 15.4. The number of rotatable bonds is 4. The highest BCUT2D eigenvalue weighted by Gasteiger charge is 2.16. The van der Waals surface area contributed by atoms with Gasteiger partial charge >= 0.3 is 0 Å². The quantitative estimate of drug-likeness (QED) is 0.757. The van der Waals surface area contributed by atoms with E-state index in [1.165, 1.54) is 5.56 Å². The van der Waals surface area contributed by atoms with Crippen LogP contribution >= 0.6 is 27.7 Å². The molecular weight excluding hydrogens is 346 g/mol. The predicted octanol–water partition coefficient (Wildman–Crippen LogP) is 5.19. The molecule has 2 aromatic rings. The molecule has 2 nitrogen and oxygen atoms in total. The van der Waals surface area contributed by atoms with Crippen LogP contribution in [0.5, 0.6) is 0 Å². The number of halogens is 1. The van der Waals surface area contributed by atoms with Crippen molar-refractivity contribution in [3.8, 4) is 0 Å². The maximum Gasteiger partial charge on any atom is 0.237 e. The van der Waals surface area contributed by atoms with Gasteiger partial charge in [-0.3, -0.25) is 4.79 Å². The number of carbonyl (C=O) groups excluding carboxylic acids is 1. The van der Waals surface area contributed by atoms with E-state index in [0.29, 0.717) is 0 Å². The third kappa shape index (κ3) is 4.35. The van der Waals surface area contributed by atoms with Gasteiger partial charge in [-0.15, -0.1) is 11.8 Å². The number of nitrogens with one attached hydrogen (secondary N) is 1. The molecule has 21 heavy (non-hydrogen) atoms. The molecule has 1 unspecified atom stereocenters. The molecule has 0 saturated heterocycles. The third-order valence-electron chi connectivity index (χ3n) is 3.15. The highest BCUT2D eigenvalue weighted by Crippen LogP contribution is 2.31. The number of benzene rings is 2. The molecule has 0 aromatic heterocycles. The van der Waals surface area contributed by atoms with Gasteiger partial charge in [0.25, 0.3) is 0 Å². The standard InChI is InChI=1S/C17H18BrNOS/c1-11-8-9-15(12(2)10-11)19-17(20)13(3)21-16-7-5-4-6-14(16)18/h4-10,13H,1-3H3,(H,19,20). The van der Waals surface area contributed by atoms with Gasteiger partial charge in [0.05, 0.1) is 5.25 Å². The van der Waals surface area contributed by atoms with E-state index < -0.39 is 0 Å². The van der Waals surface area contributed by atoms with Crippen molar-refractivity contribution in [1.82, 2.24) is 0 Å². The normalized spacial score (nSPS) is 12.0. The highest BCUT2D eigenvalue weighted by molar-refractivity contribution is 9.10. The summed E-state index contributed by atoms with van der Waals surface area (Å²) in [6.07, 6.45) is 0. The van der Waals surface area contributed by atoms with Gasteiger partial charge in [0.15, 0.2) is 0 Å². The molecule has 0 aliphatic rings. The molecule has 4 heteroatoms. The molecule has 0 fully saturated rings. The van der Waals surface area contributed by atoms with Gasteiger partial charge in [-0.2, -0.15) is 0 Å². The molecule has 1 amide bonds. The molecule has 0 aliphatic carbocycles. The van der Waals surface area contributed by atoms with Gasteiger partial charge in [-0.05, 0) is 60.5 Å². The maximum atomic E-state index is 12.3. The zero-order valence-electron chi connectivity index (χ0n) is 12.3. The Kier molecular flexibility index (Phi) is 5.48. The Bertz CT molecular complexity index is 657. The first-order valence-electron chi connectivity index (χ1n) is 6.76. The van der Waals surface area contributed by atoms with Crippen LogP contribution in [0.25, 0.3) is 0 Å². The van der Waals surface area contributed by atoms with Crippen molar-refractivity contribution >= 4 is 39.3 Å². The second-order valence-corrected chi connectivity index (χ2v) is 7.24. The summed E-state index contributed by atoms with van der Waals surface area (Å²) in [5.74, 6) is 0.0164. The Morgan fingerprint density at radius 3 is 2.57 bits per heavy atom. The molecule has 0 heterocycles. The summed E-state index contributed by atoms with van der Waals surface area (Å²) in [6.45, 7) is 5.97. The summed E-state index contributed by atoms with van der Waals surface area (Å²) in [6, 6.07) is 14.0. The van der Waals surface area contributed by atoms with Crippen LogP contribution in [0.3, 0.4) is 0 Å². The largest absolute Gasteiger partial charge is 0.325 e. The van der Waals surface area contributed by atoms with E-state index >= 15 is 0 Å². The minimum atomic E-state index is -0.163. The molecule has 2 aromatic carbocycles. The molecule has 0 radical (unpaired) electrons. The Hall–Kier alpha value is -1.26. The summed E-state index contributed by atoms with van der Waals surface area (Å²) in [5, 5.41) is 2.84. The first kappa shape index (κ1) is 16.1. The van der Waals surface area contributed by atoms with Crippen molar-refractivity contribution < 1.29 is 4.79 Å². The zero-order valence-corrected chi connectivity index (χ0v) is 14.7. The molecule has 0 aliphatic heterocycles. The van der Waals surface area contributed by atoms with Crippen LogP contribution < -0.4 is 5.32 Å². The van der Waals surface area contributed by atoms with Crippen LogP contribution in [0, 0.1) is 13.8 Å². The lowest BCUT2D eigenvalue weighted by molar-refractivity contribution is -0.115. The fourth-order valence-corrected chi connectivity index (χ4v) is 3.42. The average Bonchev–Trinajstić information content (AvgIpc) is 2.44. The monoisotopic (exact) mass is 363 g/mol. The lowest BCUT2D eigenvalue weighted by Crippen LogP contribution is -2.22. The van der Waals surface area contributed by atoms with Crippen molar-refractivity contribution in [3.63, 3.8) is 0 Å². The number of hydrogen-bond donors (Lipinski definition) is 1. The lowest BCUT2D eigenvalue weighted by atomic mass is 10.1.